The van der Waals surface area contributed by atoms with Gasteiger partial charge >= 0.3 is 21.7 Å². The Morgan fingerprint density at radius 2 is 2.13 bits per heavy atom. The molecule has 0 aliphatic carbocycles. The van der Waals surface area contributed by atoms with Crippen molar-refractivity contribution < 1.29 is 17.9 Å². The lowest BCUT2D eigenvalue weighted by Crippen LogP contribution is -2.32. The molecule has 0 aliphatic heterocycles. The molecule has 9 nitrogen and oxygen atoms in total. The first-order valence-corrected chi connectivity index (χ1v) is 8.28. The third kappa shape index (κ3) is 3.66. The lowest BCUT2D eigenvalue weighted by molar-refractivity contribution is 0.0518. The first-order chi connectivity index (χ1) is 10.8. The number of ether oxygens (including phenoxy) is 1. The maximum Gasteiger partial charge on any atom is 0.364 e. The normalized spacial score (nSPS) is 11.3. The molecule has 2 aromatic rings. The van der Waals surface area contributed by atoms with Crippen LogP contribution in [-0.2, 0) is 14.9 Å². The summed E-state index contributed by atoms with van der Waals surface area (Å²) >= 11 is 11.6. The molecule has 0 aliphatic rings. The number of esters is 1. The lowest BCUT2D eigenvalue weighted by atomic mass is 10.3. The Morgan fingerprint density at radius 1 is 1.43 bits per heavy atom. The van der Waals surface area contributed by atoms with Gasteiger partial charge in [0.05, 0.1) is 17.3 Å². The predicted molar refractivity (Wildman–Crippen MR) is 83.2 cm³/mol. The van der Waals surface area contributed by atoms with Crippen molar-refractivity contribution in [3.63, 3.8) is 0 Å². The quantitative estimate of drug-likeness (QED) is 0.752. The number of hydrogen-bond acceptors (Lipinski definition) is 6. The second-order valence-electron chi connectivity index (χ2n) is 4.08. The number of benzene rings is 1. The van der Waals surface area contributed by atoms with Gasteiger partial charge in [0.25, 0.3) is 0 Å². The summed E-state index contributed by atoms with van der Waals surface area (Å²) in [6.07, 6.45) is 0. The minimum Gasteiger partial charge on any atom is -0.461 e. The van der Waals surface area contributed by atoms with Crippen LogP contribution in [0.25, 0.3) is 0 Å². The molecule has 2 rings (SSSR count). The fourth-order valence-corrected chi connectivity index (χ4v) is 3.05. The monoisotopic (exact) mass is 380 g/mol. The molecule has 0 saturated carbocycles. The highest BCUT2D eigenvalue weighted by Crippen LogP contribution is 2.26. The zero-order chi connectivity index (χ0) is 17.2. The van der Waals surface area contributed by atoms with E-state index in [4.69, 9.17) is 23.2 Å². The van der Waals surface area contributed by atoms with Crippen LogP contribution in [0.3, 0.4) is 0 Å². The first-order valence-electron chi connectivity index (χ1n) is 6.09. The molecule has 12 heteroatoms. The van der Waals surface area contributed by atoms with Gasteiger partial charge in [-0.25, -0.2) is 4.79 Å². The van der Waals surface area contributed by atoms with Crippen LogP contribution < -0.4 is 10.3 Å². The van der Waals surface area contributed by atoms with Crippen LogP contribution >= 0.6 is 23.2 Å². The maximum absolute atomic E-state index is 12.2. The zero-order valence-electron chi connectivity index (χ0n) is 11.5. The Bertz CT molecular complexity index is 905. The highest BCUT2D eigenvalue weighted by Gasteiger charge is 2.25. The van der Waals surface area contributed by atoms with Crippen LogP contribution in [0.1, 0.15) is 17.4 Å². The summed E-state index contributed by atoms with van der Waals surface area (Å²) in [6, 6.07) is 4.04. The molecule has 2 N–H and O–H groups in total. The van der Waals surface area contributed by atoms with Crippen molar-refractivity contribution >= 4 is 45.1 Å². The predicted octanol–water partition coefficient (Wildman–Crippen LogP) is 1.26. The maximum atomic E-state index is 12.2. The van der Waals surface area contributed by atoms with Gasteiger partial charge in [0.15, 0.2) is 0 Å². The van der Waals surface area contributed by atoms with Gasteiger partial charge in [-0.15, -0.1) is 9.19 Å². The summed E-state index contributed by atoms with van der Waals surface area (Å²) in [4.78, 5) is 23.4. The number of H-pyrrole nitrogens is 1. The van der Waals surface area contributed by atoms with E-state index in [0.29, 0.717) is 5.02 Å². The van der Waals surface area contributed by atoms with E-state index in [-0.39, 0.29) is 21.4 Å². The molecular weight excluding hydrogens is 371 g/mol. The number of aromatic amines is 1. The van der Waals surface area contributed by atoms with Crippen molar-refractivity contribution in [1.29, 1.82) is 0 Å². The number of aromatic nitrogens is 3. The summed E-state index contributed by atoms with van der Waals surface area (Å²) in [5.74, 6) is -1.03. The summed E-state index contributed by atoms with van der Waals surface area (Å²) < 4.78 is 31.2. The molecular formula is C11H10Cl2N4O5S. The van der Waals surface area contributed by atoms with Crippen LogP contribution in [-0.4, -0.2) is 35.4 Å². The molecule has 1 aromatic heterocycles. The number of nitrogens with zero attached hydrogens (tertiary/aromatic N) is 2. The van der Waals surface area contributed by atoms with Crippen molar-refractivity contribution in [2.75, 3.05) is 11.3 Å². The Labute approximate surface area is 140 Å². The van der Waals surface area contributed by atoms with Gasteiger partial charge < -0.3 is 4.74 Å². The zero-order valence-corrected chi connectivity index (χ0v) is 13.9. The second-order valence-corrected chi connectivity index (χ2v) is 6.44. The number of carbonyl (C=O) groups is 1. The summed E-state index contributed by atoms with van der Waals surface area (Å²) in [7, 11) is -4.41. The topological polar surface area (TPSA) is 123 Å². The van der Waals surface area contributed by atoms with Gasteiger partial charge in [0, 0.05) is 5.02 Å². The number of hydrogen-bond donors (Lipinski definition) is 2. The third-order valence-electron chi connectivity index (χ3n) is 2.52. The number of nitrogens with one attached hydrogen (secondary N) is 2. The SMILES string of the molecule is CCOC(=O)c1n[nH]n(S(=O)(=O)Nc2ccc(Cl)cc2Cl)c1=O. The average molecular weight is 381 g/mol. The number of carbonyl (C=O) groups excluding carboxylic acids is 1. The van der Waals surface area contributed by atoms with Crippen molar-refractivity contribution in [3.8, 4) is 0 Å². The third-order valence-corrected chi connectivity index (χ3v) is 4.27. The fourth-order valence-electron chi connectivity index (χ4n) is 1.54. The molecule has 0 spiro atoms. The summed E-state index contributed by atoms with van der Waals surface area (Å²) in [5, 5.41) is 5.63. The van der Waals surface area contributed by atoms with Gasteiger partial charge in [0.2, 0.25) is 5.69 Å². The van der Waals surface area contributed by atoms with Gasteiger partial charge in [0.1, 0.15) is 0 Å². The second kappa shape index (κ2) is 6.60. The Balaban J connectivity index is 2.37. The van der Waals surface area contributed by atoms with Gasteiger partial charge in [-0.1, -0.05) is 23.2 Å². The number of rotatable bonds is 5. The van der Waals surface area contributed by atoms with Gasteiger partial charge in [-0.05, 0) is 25.1 Å². The molecule has 0 amide bonds. The van der Waals surface area contributed by atoms with Crippen molar-refractivity contribution in [1.82, 2.24) is 14.4 Å². The van der Waals surface area contributed by atoms with E-state index in [9.17, 15) is 18.0 Å². The van der Waals surface area contributed by atoms with E-state index in [2.05, 4.69) is 14.6 Å². The van der Waals surface area contributed by atoms with E-state index in [1.807, 2.05) is 5.21 Å². The molecule has 1 heterocycles. The van der Waals surface area contributed by atoms with Gasteiger partial charge in [-0.2, -0.15) is 13.6 Å². The van der Waals surface area contributed by atoms with Crippen LogP contribution in [0.15, 0.2) is 23.0 Å². The Kier molecular flexibility index (Phi) is 4.97. The molecule has 0 fully saturated rings. The minimum atomic E-state index is -4.41. The highest BCUT2D eigenvalue weighted by atomic mass is 35.5. The molecule has 0 saturated heterocycles. The van der Waals surface area contributed by atoms with Crippen molar-refractivity contribution in [2.24, 2.45) is 0 Å². The molecule has 0 atom stereocenters. The molecule has 1 aromatic carbocycles. The molecule has 124 valence electrons. The van der Waals surface area contributed by atoms with Crippen LogP contribution in [0.2, 0.25) is 10.0 Å². The fraction of sp³-hybridized carbons (Fsp3) is 0.182. The van der Waals surface area contributed by atoms with E-state index in [0.717, 1.165) is 0 Å². The van der Waals surface area contributed by atoms with E-state index in [1.165, 1.54) is 25.1 Å². The van der Waals surface area contributed by atoms with Crippen LogP contribution in [0, 0.1) is 0 Å². The van der Waals surface area contributed by atoms with Crippen LogP contribution in [0.4, 0.5) is 5.69 Å². The molecule has 0 unspecified atom stereocenters. The number of anilines is 1. The summed E-state index contributed by atoms with van der Waals surface area (Å²) in [5.41, 5.74) is -1.87. The Morgan fingerprint density at radius 3 is 2.74 bits per heavy atom. The molecule has 0 bridgehead atoms. The minimum absolute atomic E-state index is 0.00440. The Hall–Kier alpha value is -2.04. The van der Waals surface area contributed by atoms with E-state index >= 15 is 0 Å². The largest absolute Gasteiger partial charge is 0.461 e. The molecule has 0 radical (unpaired) electrons. The van der Waals surface area contributed by atoms with E-state index in [1.54, 1.807) is 0 Å². The molecule has 23 heavy (non-hydrogen) atoms. The van der Waals surface area contributed by atoms with Gasteiger partial charge in [-0.3, -0.25) is 9.52 Å². The average Bonchev–Trinajstić information content (AvgIpc) is 2.85. The smallest absolute Gasteiger partial charge is 0.364 e. The highest BCUT2D eigenvalue weighted by molar-refractivity contribution is 7.91. The first kappa shape index (κ1) is 17.3. The standard InChI is InChI=1S/C11H10Cl2N4O5S/c1-2-22-11(19)9-10(18)17(16-14-9)23(20,21)15-8-4-3-6(12)5-7(8)13/h3-5,15-16H,2H2,1H3. The lowest BCUT2D eigenvalue weighted by Gasteiger charge is -2.08. The summed E-state index contributed by atoms with van der Waals surface area (Å²) in [6.45, 7) is 1.54. The van der Waals surface area contributed by atoms with E-state index < -0.39 is 27.4 Å². The number of halogens is 2. The van der Waals surface area contributed by atoms with Crippen molar-refractivity contribution in [3.05, 3.63) is 44.3 Å². The van der Waals surface area contributed by atoms with Crippen molar-refractivity contribution in [2.45, 2.75) is 6.92 Å². The van der Waals surface area contributed by atoms with Crippen LogP contribution in [0.5, 0.6) is 0 Å².